The Morgan fingerprint density at radius 3 is 2.67 bits per heavy atom. The fraction of sp³-hybridized carbons (Fsp3) is 0.118. The van der Waals surface area contributed by atoms with Crippen LogP contribution in [0.4, 0.5) is 0 Å². The molecule has 4 heteroatoms. The average Bonchev–Trinajstić information content (AvgIpc) is 2.53. The Morgan fingerprint density at radius 1 is 1.05 bits per heavy atom. The number of nitrogens with two attached hydrogens (primary N) is 1. The fourth-order valence-corrected chi connectivity index (χ4v) is 3.26. The number of hydrogen-bond donors (Lipinski definition) is 1. The van der Waals surface area contributed by atoms with Gasteiger partial charge in [-0.3, -0.25) is 4.98 Å². The van der Waals surface area contributed by atoms with Crippen LogP contribution in [-0.2, 0) is 0 Å². The van der Waals surface area contributed by atoms with Crippen molar-refractivity contribution < 1.29 is 0 Å². The van der Waals surface area contributed by atoms with Crippen molar-refractivity contribution in [3.8, 4) is 0 Å². The number of thioether (sulfide) groups is 1. The first-order valence-corrected chi connectivity index (χ1v) is 8.08. The van der Waals surface area contributed by atoms with E-state index in [1.54, 1.807) is 18.0 Å². The predicted octanol–water partition coefficient (Wildman–Crippen LogP) is 4.68. The monoisotopic (exact) mass is 314 g/mol. The molecular formula is C17H15ClN2S. The van der Waals surface area contributed by atoms with Crippen LogP contribution >= 0.6 is 23.4 Å². The van der Waals surface area contributed by atoms with Crippen LogP contribution < -0.4 is 5.73 Å². The second-order valence-corrected chi connectivity index (χ2v) is 6.32. The molecular weight excluding hydrogens is 300 g/mol. The van der Waals surface area contributed by atoms with Gasteiger partial charge in [-0.1, -0.05) is 29.8 Å². The third-order valence-corrected chi connectivity index (χ3v) is 4.71. The number of aromatic nitrogens is 1. The number of fused-ring (bicyclic) bond motifs is 1. The van der Waals surface area contributed by atoms with Gasteiger partial charge < -0.3 is 5.73 Å². The maximum Gasteiger partial charge on any atom is 0.0705 e. The molecule has 3 aromatic rings. The van der Waals surface area contributed by atoms with Crippen LogP contribution in [0.5, 0.6) is 0 Å². The van der Waals surface area contributed by atoms with Gasteiger partial charge in [0.25, 0.3) is 0 Å². The summed E-state index contributed by atoms with van der Waals surface area (Å²) >= 11 is 7.63. The second kappa shape index (κ2) is 6.48. The maximum atomic E-state index is 6.36. The highest BCUT2D eigenvalue weighted by molar-refractivity contribution is 7.99. The lowest BCUT2D eigenvalue weighted by molar-refractivity contribution is 0.839. The van der Waals surface area contributed by atoms with Gasteiger partial charge in [0.15, 0.2) is 0 Å². The fourth-order valence-electron chi connectivity index (χ4n) is 2.26. The Kier molecular flexibility index (Phi) is 4.44. The summed E-state index contributed by atoms with van der Waals surface area (Å²) in [7, 11) is 0. The summed E-state index contributed by atoms with van der Waals surface area (Å²) in [5.74, 6) is 0.815. The van der Waals surface area contributed by atoms with Gasteiger partial charge in [0.05, 0.1) is 5.52 Å². The van der Waals surface area contributed by atoms with Crippen molar-refractivity contribution in [1.29, 1.82) is 0 Å². The topological polar surface area (TPSA) is 38.9 Å². The first kappa shape index (κ1) is 14.4. The molecule has 0 saturated carbocycles. The summed E-state index contributed by atoms with van der Waals surface area (Å²) in [5, 5.41) is 1.88. The van der Waals surface area contributed by atoms with Crippen LogP contribution in [0.1, 0.15) is 11.6 Å². The molecule has 2 N–H and O–H groups in total. The molecule has 1 unspecified atom stereocenters. The molecule has 1 aromatic heterocycles. The number of rotatable bonds is 4. The van der Waals surface area contributed by atoms with Crippen molar-refractivity contribution in [3.63, 3.8) is 0 Å². The van der Waals surface area contributed by atoms with Crippen molar-refractivity contribution in [3.05, 3.63) is 71.4 Å². The predicted molar refractivity (Wildman–Crippen MR) is 90.8 cm³/mol. The smallest absolute Gasteiger partial charge is 0.0705 e. The van der Waals surface area contributed by atoms with E-state index in [2.05, 4.69) is 17.1 Å². The Labute approximate surface area is 133 Å². The quantitative estimate of drug-likeness (QED) is 0.711. The molecule has 0 aliphatic heterocycles. The van der Waals surface area contributed by atoms with Gasteiger partial charge in [0.1, 0.15) is 0 Å². The zero-order valence-corrected chi connectivity index (χ0v) is 12.9. The van der Waals surface area contributed by atoms with Crippen molar-refractivity contribution >= 4 is 34.3 Å². The van der Waals surface area contributed by atoms with E-state index in [0.717, 1.165) is 27.2 Å². The number of nitrogens with zero attached hydrogens (tertiary/aromatic N) is 1. The summed E-state index contributed by atoms with van der Waals surface area (Å²) in [5.41, 5.74) is 8.49. The molecule has 2 aromatic carbocycles. The molecule has 106 valence electrons. The summed E-state index contributed by atoms with van der Waals surface area (Å²) in [4.78, 5) is 5.55. The Hall–Kier alpha value is -1.55. The van der Waals surface area contributed by atoms with Gasteiger partial charge in [0, 0.05) is 33.3 Å². The van der Waals surface area contributed by atoms with Crippen molar-refractivity contribution in [1.82, 2.24) is 4.98 Å². The highest BCUT2D eigenvalue weighted by Crippen LogP contribution is 2.28. The van der Waals surface area contributed by atoms with E-state index in [0.29, 0.717) is 0 Å². The van der Waals surface area contributed by atoms with E-state index in [-0.39, 0.29) is 6.04 Å². The lowest BCUT2D eigenvalue weighted by atomic mass is 10.0. The number of benzene rings is 2. The van der Waals surface area contributed by atoms with Crippen LogP contribution in [-0.4, -0.2) is 10.7 Å². The molecule has 0 saturated heterocycles. The molecule has 3 rings (SSSR count). The van der Waals surface area contributed by atoms with E-state index in [1.165, 1.54) is 4.90 Å². The molecule has 0 aliphatic carbocycles. The van der Waals surface area contributed by atoms with Crippen molar-refractivity contribution in [2.45, 2.75) is 10.9 Å². The zero-order chi connectivity index (χ0) is 14.7. The van der Waals surface area contributed by atoms with Crippen LogP contribution in [0.3, 0.4) is 0 Å². The molecule has 0 bridgehead atoms. The largest absolute Gasteiger partial charge is 0.323 e. The minimum Gasteiger partial charge on any atom is -0.323 e. The highest BCUT2D eigenvalue weighted by Gasteiger charge is 2.10. The van der Waals surface area contributed by atoms with Crippen LogP contribution in [0, 0.1) is 0 Å². The van der Waals surface area contributed by atoms with E-state index in [1.807, 2.05) is 42.5 Å². The summed E-state index contributed by atoms with van der Waals surface area (Å²) in [6.45, 7) is 0. The summed E-state index contributed by atoms with van der Waals surface area (Å²) in [6.07, 6.45) is 1.81. The van der Waals surface area contributed by atoms with E-state index >= 15 is 0 Å². The first-order chi connectivity index (χ1) is 10.2. The van der Waals surface area contributed by atoms with Gasteiger partial charge in [-0.15, -0.1) is 11.8 Å². The Morgan fingerprint density at radius 2 is 1.86 bits per heavy atom. The molecule has 0 radical (unpaired) electrons. The minimum atomic E-state index is -0.0291. The maximum absolute atomic E-state index is 6.36. The third kappa shape index (κ3) is 3.38. The van der Waals surface area contributed by atoms with Gasteiger partial charge in [-0.25, -0.2) is 0 Å². The lowest BCUT2D eigenvalue weighted by Gasteiger charge is -2.14. The summed E-state index contributed by atoms with van der Waals surface area (Å²) < 4.78 is 0. The molecule has 0 spiro atoms. The van der Waals surface area contributed by atoms with Crippen molar-refractivity contribution in [2.24, 2.45) is 5.73 Å². The van der Waals surface area contributed by atoms with Gasteiger partial charge in [-0.2, -0.15) is 0 Å². The molecule has 1 heterocycles. The Balaban J connectivity index is 1.78. The molecule has 0 aliphatic rings. The van der Waals surface area contributed by atoms with Crippen LogP contribution in [0.25, 0.3) is 10.9 Å². The van der Waals surface area contributed by atoms with Crippen molar-refractivity contribution in [2.75, 3.05) is 5.75 Å². The van der Waals surface area contributed by atoms with Crippen LogP contribution in [0.2, 0.25) is 5.02 Å². The van der Waals surface area contributed by atoms with E-state index < -0.39 is 0 Å². The SMILES string of the molecule is NC(CSc1ccc(Cl)cc1)c1cccc2ncccc12. The Bertz CT molecular complexity index is 738. The molecule has 21 heavy (non-hydrogen) atoms. The number of halogens is 1. The van der Waals surface area contributed by atoms with E-state index in [4.69, 9.17) is 17.3 Å². The highest BCUT2D eigenvalue weighted by atomic mass is 35.5. The zero-order valence-electron chi connectivity index (χ0n) is 11.4. The summed E-state index contributed by atoms with van der Waals surface area (Å²) in [6, 6.07) is 17.9. The minimum absolute atomic E-state index is 0.0291. The molecule has 0 amide bonds. The third-order valence-electron chi connectivity index (χ3n) is 3.32. The molecule has 1 atom stereocenters. The average molecular weight is 315 g/mol. The van der Waals surface area contributed by atoms with Gasteiger partial charge in [0.2, 0.25) is 0 Å². The first-order valence-electron chi connectivity index (χ1n) is 6.71. The standard InChI is InChI=1S/C17H15ClN2S/c18-12-6-8-13(9-7-12)21-11-16(19)14-3-1-5-17-15(14)4-2-10-20-17/h1-10,16H,11,19H2. The van der Waals surface area contributed by atoms with Gasteiger partial charge >= 0.3 is 0 Å². The second-order valence-electron chi connectivity index (χ2n) is 4.79. The van der Waals surface area contributed by atoms with E-state index in [9.17, 15) is 0 Å². The molecule has 0 fully saturated rings. The number of pyridine rings is 1. The lowest BCUT2D eigenvalue weighted by Crippen LogP contribution is -2.13. The van der Waals surface area contributed by atoms with Crippen LogP contribution in [0.15, 0.2) is 65.7 Å². The molecule has 2 nitrogen and oxygen atoms in total. The normalized spacial score (nSPS) is 12.5. The van der Waals surface area contributed by atoms with Gasteiger partial charge in [-0.05, 0) is 42.0 Å². The number of hydrogen-bond acceptors (Lipinski definition) is 3.